The molecule has 0 bridgehead atoms. The number of amides is 1. The molecule has 1 fully saturated rings. The summed E-state index contributed by atoms with van der Waals surface area (Å²) in [5.41, 5.74) is 1.66. The molecule has 138 valence electrons. The molecule has 1 amide bonds. The van der Waals surface area contributed by atoms with Crippen molar-refractivity contribution in [2.45, 2.75) is 12.8 Å². The molecule has 4 nitrogen and oxygen atoms in total. The largest absolute Gasteiger partial charge is 0.351 e. The van der Waals surface area contributed by atoms with Gasteiger partial charge < -0.3 is 5.32 Å². The molecule has 0 spiro atoms. The number of benzene rings is 2. The molecule has 2 aromatic rings. The van der Waals surface area contributed by atoms with Crippen LogP contribution in [-0.4, -0.2) is 12.5 Å². The summed E-state index contributed by atoms with van der Waals surface area (Å²) in [6.07, 6.45) is 2.03. The van der Waals surface area contributed by atoms with Gasteiger partial charge in [0, 0.05) is 8.04 Å². The molecule has 0 aromatic heterocycles. The van der Waals surface area contributed by atoms with Gasteiger partial charge in [0.25, 0.3) is 5.91 Å². The van der Waals surface area contributed by atoms with Gasteiger partial charge in [-0.2, -0.15) is 0 Å². The summed E-state index contributed by atoms with van der Waals surface area (Å²) >= 11 is 5.40. The molecular formula is C17H13BrF3IN2O2. The second-order valence-corrected chi connectivity index (χ2v) is 7.94. The van der Waals surface area contributed by atoms with Gasteiger partial charge in [-0.3, -0.25) is 9.63 Å². The van der Waals surface area contributed by atoms with Gasteiger partial charge in [-0.15, -0.1) is 0 Å². The highest BCUT2D eigenvalue weighted by atomic mass is 127. The van der Waals surface area contributed by atoms with E-state index in [9.17, 15) is 18.0 Å². The minimum atomic E-state index is -1.66. The third kappa shape index (κ3) is 4.49. The van der Waals surface area contributed by atoms with Gasteiger partial charge >= 0.3 is 0 Å². The van der Waals surface area contributed by atoms with E-state index in [1.165, 1.54) is 0 Å². The molecule has 0 aliphatic heterocycles. The predicted octanol–water partition coefficient (Wildman–Crippen LogP) is 5.29. The topological polar surface area (TPSA) is 50.4 Å². The fourth-order valence-corrected chi connectivity index (χ4v) is 3.58. The van der Waals surface area contributed by atoms with Crippen LogP contribution < -0.4 is 10.8 Å². The van der Waals surface area contributed by atoms with Crippen molar-refractivity contribution < 1.29 is 22.8 Å². The number of carbonyl (C=O) groups is 1. The standard InChI is InChI=1S/C17H13BrF3IN2O2/c18-11-5-9(22)3-4-13(11)23-16-10(6-12(19)14(20)15(16)21)17(25)24-26-7-8-1-2-8/h3-6,8,23H,1-2,7H2,(H,24,25). The van der Waals surface area contributed by atoms with Crippen molar-refractivity contribution in [1.29, 1.82) is 0 Å². The lowest BCUT2D eigenvalue weighted by molar-refractivity contribution is 0.0270. The van der Waals surface area contributed by atoms with Crippen LogP contribution in [0.25, 0.3) is 0 Å². The zero-order valence-electron chi connectivity index (χ0n) is 13.2. The van der Waals surface area contributed by atoms with E-state index in [0.29, 0.717) is 28.8 Å². The monoisotopic (exact) mass is 540 g/mol. The Hall–Kier alpha value is -1.33. The maximum Gasteiger partial charge on any atom is 0.277 e. The molecule has 9 heteroatoms. The van der Waals surface area contributed by atoms with E-state index in [0.717, 1.165) is 16.4 Å². The van der Waals surface area contributed by atoms with Gasteiger partial charge in [0.1, 0.15) is 0 Å². The van der Waals surface area contributed by atoms with E-state index >= 15 is 0 Å². The molecule has 2 N–H and O–H groups in total. The number of nitrogens with one attached hydrogen (secondary N) is 2. The summed E-state index contributed by atoms with van der Waals surface area (Å²) in [6, 6.07) is 5.75. The highest BCUT2D eigenvalue weighted by Gasteiger charge is 2.25. The Balaban J connectivity index is 1.90. The van der Waals surface area contributed by atoms with Crippen molar-refractivity contribution in [3.05, 3.63) is 55.3 Å². The minimum absolute atomic E-state index is 0.323. The SMILES string of the molecule is O=C(NOCC1CC1)c1cc(F)c(F)c(F)c1Nc1ccc(I)cc1Br. The lowest BCUT2D eigenvalue weighted by Gasteiger charge is -2.15. The lowest BCUT2D eigenvalue weighted by atomic mass is 10.1. The minimum Gasteiger partial charge on any atom is -0.351 e. The summed E-state index contributed by atoms with van der Waals surface area (Å²) in [5, 5.41) is 2.65. The molecular weight excluding hydrogens is 528 g/mol. The van der Waals surface area contributed by atoms with Crippen molar-refractivity contribution in [3.8, 4) is 0 Å². The smallest absolute Gasteiger partial charge is 0.277 e. The zero-order valence-corrected chi connectivity index (χ0v) is 17.0. The number of hydroxylamine groups is 1. The second kappa shape index (κ2) is 8.13. The van der Waals surface area contributed by atoms with E-state index < -0.39 is 34.6 Å². The first kappa shape index (κ1) is 19.4. The van der Waals surface area contributed by atoms with Gasteiger partial charge in [0.2, 0.25) is 0 Å². The number of hydrogen-bond donors (Lipinski definition) is 2. The van der Waals surface area contributed by atoms with Crippen LogP contribution in [0.4, 0.5) is 24.5 Å². The Morgan fingerprint density at radius 1 is 1.23 bits per heavy atom. The van der Waals surface area contributed by atoms with Crippen molar-refractivity contribution in [2.24, 2.45) is 5.92 Å². The third-order valence-electron chi connectivity index (χ3n) is 3.78. The van der Waals surface area contributed by atoms with Crippen molar-refractivity contribution in [3.63, 3.8) is 0 Å². The van der Waals surface area contributed by atoms with E-state index in [1.54, 1.807) is 18.2 Å². The Morgan fingerprint density at radius 3 is 2.62 bits per heavy atom. The van der Waals surface area contributed by atoms with Gasteiger partial charge in [0.05, 0.1) is 23.5 Å². The molecule has 0 saturated heterocycles. The summed E-state index contributed by atoms with van der Waals surface area (Å²) in [6.45, 7) is 0.323. The van der Waals surface area contributed by atoms with Crippen LogP contribution in [0.3, 0.4) is 0 Å². The number of halogens is 5. The first-order chi connectivity index (χ1) is 12.4. The molecule has 26 heavy (non-hydrogen) atoms. The van der Waals surface area contributed by atoms with Crippen LogP contribution in [0, 0.1) is 26.9 Å². The fourth-order valence-electron chi connectivity index (χ4n) is 2.19. The predicted molar refractivity (Wildman–Crippen MR) is 103 cm³/mol. The first-order valence-electron chi connectivity index (χ1n) is 7.68. The molecule has 0 atom stereocenters. The van der Waals surface area contributed by atoms with Gasteiger partial charge in [-0.05, 0) is 81.5 Å². The van der Waals surface area contributed by atoms with E-state index in [4.69, 9.17) is 4.84 Å². The molecule has 3 rings (SSSR count). The van der Waals surface area contributed by atoms with Crippen LogP contribution in [0.2, 0.25) is 0 Å². The van der Waals surface area contributed by atoms with Crippen LogP contribution in [0.15, 0.2) is 28.7 Å². The van der Waals surface area contributed by atoms with Crippen molar-refractivity contribution in [2.75, 3.05) is 11.9 Å². The molecule has 1 aliphatic rings. The third-order valence-corrected chi connectivity index (χ3v) is 5.11. The normalized spacial score (nSPS) is 13.6. The molecule has 2 aromatic carbocycles. The maximum absolute atomic E-state index is 14.3. The number of rotatable bonds is 6. The summed E-state index contributed by atoms with van der Waals surface area (Å²) < 4.78 is 43.2. The quantitative estimate of drug-likeness (QED) is 0.297. The Bertz CT molecular complexity index is 862. The van der Waals surface area contributed by atoms with Gasteiger partial charge in [0.15, 0.2) is 17.5 Å². The summed E-state index contributed by atoms with van der Waals surface area (Å²) in [4.78, 5) is 17.3. The van der Waals surface area contributed by atoms with E-state index in [2.05, 4.69) is 49.3 Å². The molecule has 1 saturated carbocycles. The van der Waals surface area contributed by atoms with E-state index in [-0.39, 0.29) is 0 Å². The summed E-state index contributed by atoms with van der Waals surface area (Å²) in [5.74, 6) is -5.08. The average molecular weight is 541 g/mol. The molecule has 0 heterocycles. The average Bonchev–Trinajstić information content (AvgIpc) is 3.41. The molecule has 1 aliphatic carbocycles. The highest BCUT2D eigenvalue weighted by Crippen LogP contribution is 2.33. The summed E-state index contributed by atoms with van der Waals surface area (Å²) in [7, 11) is 0. The van der Waals surface area contributed by atoms with Crippen LogP contribution >= 0.6 is 38.5 Å². The van der Waals surface area contributed by atoms with Crippen molar-refractivity contribution >= 4 is 55.8 Å². The van der Waals surface area contributed by atoms with Crippen molar-refractivity contribution in [1.82, 2.24) is 5.48 Å². The van der Waals surface area contributed by atoms with Crippen LogP contribution in [0.5, 0.6) is 0 Å². The van der Waals surface area contributed by atoms with E-state index in [1.807, 2.05) is 0 Å². The zero-order chi connectivity index (χ0) is 18.8. The Kier molecular flexibility index (Phi) is 6.08. The van der Waals surface area contributed by atoms with Crippen LogP contribution in [-0.2, 0) is 4.84 Å². The Labute approximate surface area is 169 Å². The number of hydrogen-bond acceptors (Lipinski definition) is 3. The Morgan fingerprint density at radius 2 is 1.96 bits per heavy atom. The highest BCUT2D eigenvalue weighted by molar-refractivity contribution is 14.1. The van der Waals surface area contributed by atoms with Gasteiger partial charge in [-0.25, -0.2) is 18.7 Å². The lowest BCUT2D eigenvalue weighted by Crippen LogP contribution is -2.26. The maximum atomic E-state index is 14.3. The first-order valence-corrected chi connectivity index (χ1v) is 9.55. The second-order valence-electron chi connectivity index (χ2n) is 5.84. The number of anilines is 2. The van der Waals surface area contributed by atoms with Crippen LogP contribution in [0.1, 0.15) is 23.2 Å². The van der Waals surface area contributed by atoms with Gasteiger partial charge in [-0.1, -0.05) is 0 Å². The molecule has 0 radical (unpaired) electrons. The fraction of sp³-hybridized carbons (Fsp3) is 0.235. The number of carbonyl (C=O) groups excluding carboxylic acids is 1. The molecule has 0 unspecified atom stereocenters.